The first-order chi connectivity index (χ1) is 18.3. The summed E-state index contributed by atoms with van der Waals surface area (Å²) in [5, 5.41) is 1.97. The van der Waals surface area contributed by atoms with Gasteiger partial charge in [0.05, 0.1) is 17.1 Å². The second kappa shape index (κ2) is 11.0. The molecule has 5 rings (SSSR count). The molecule has 8 heteroatoms. The van der Waals surface area contributed by atoms with Gasteiger partial charge in [-0.1, -0.05) is 44.0 Å². The van der Waals surface area contributed by atoms with E-state index in [-0.39, 0.29) is 35.8 Å². The van der Waals surface area contributed by atoms with E-state index in [1.807, 2.05) is 18.1 Å². The Morgan fingerprint density at radius 2 is 1.87 bits per heavy atom. The van der Waals surface area contributed by atoms with Crippen LogP contribution in [0.15, 0.2) is 83.2 Å². The standard InChI is InChI=1S/C30H35F2N3O2S/c1-3-4-17-38(36,37)34(16-15-22-7-5-6-8-28(22)32)20-24-10-9-23-18-29-27(21(2)30(23)24)19-33-35(29)26-13-11-25(31)12-14-26/h5-8,11-14,18-19,21,24,33H,3-4,9-10,15-17,20H2,1-2H3/t21-,24+/m0/s1. The van der Waals surface area contributed by atoms with Gasteiger partial charge in [0.1, 0.15) is 11.6 Å². The molecule has 202 valence electrons. The third kappa shape index (κ3) is 5.29. The highest BCUT2D eigenvalue weighted by atomic mass is 32.2. The minimum absolute atomic E-state index is 0.107. The molecule has 5 nitrogen and oxygen atoms in total. The van der Waals surface area contributed by atoms with Gasteiger partial charge in [0.15, 0.2) is 0 Å². The fraction of sp³-hybridized carbons (Fsp3) is 0.400. The number of hydrogen-bond donors (Lipinski definition) is 1. The molecule has 0 aromatic heterocycles. The van der Waals surface area contributed by atoms with Crippen LogP contribution in [-0.4, -0.2) is 31.6 Å². The minimum Gasteiger partial charge on any atom is -0.301 e. The van der Waals surface area contributed by atoms with Crippen molar-refractivity contribution >= 4 is 15.7 Å². The Bertz CT molecular complexity index is 1380. The van der Waals surface area contributed by atoms with Crippen molar-refractivity contribution in [1.29, 1.82) is 0 Å². The predicted molar refractivity (Wildman–Crippen MR) is 147 cm³/mol. The molecule has 0 saturated heterocycles. The molecule has 0 fully saturated rings. The highest BCUT2D eigenvalue weighted by molar-refractivity contribution is 7.89. The lowest BCUT2D eigenvalue weighted by atomic mass is 9.80. The van der Waals surface area contributed by atoms with Crippen LogP contribution in [-0.2, 0) is 16.4 Å². The molecular weight excluding hydrogens is 504 g/mol. The summed E-state index contributed by atoms with van der Waals surface area (Å²) in [5.74, 6) is -0.225. The average molecular weight is 540 g/mol. The molecule has 0 unspecified atom stereocenters. The minimum atomic E-state index is -3.47. The van der Waals surface area contributed by atoms with Gasteiger partial charge in [0.2, 0.25) is 10.0 Å². The number of fused-ring (bicyclic) bond motifs is 1. The first-order valence-electron chi connectivity index (χ1n) is 13.5. The van der Waals surface area contributed by atoms with Crippen molar-refractivity contribution in [2.45, 2.75) is 46.0 Å². The Morgan fingerprint density at radius 1 is 1.11 bits per heavy atom. The molecular formula is C30H35F2N3O2S. The van der Waals surface area contributed by atoms with Gasteiger partial charge in [-0.2, -0.15) is 0 Å². The maximum absolute atomic E-state index is 14.3. The molecule has 0 spiro atoms. The summed E-state index contributed by atoms with van der Waals surface area (Å²) in [6.45, 7) is 4.84. The number of rotatable bonds is 10. The topological polar surface area (TPSA) is 52.7 Å². The van der Waals surface area contributed by atoms with Gasteiger partial charge in [-0.3, -0.25) is 5.01 Å². The number of halogens is 2. The zero-order valence-electron chi connectivity index (χ0n) is 22.0. The zero-order chi connectivity index (χ0) is 26.9. The van der Waals surface area contributed by atoms with Crippen LogP contribution >= 0.6 is 0 Å². The maximum atomic E-state index is 14.3. The summed E-state index contributed by atoms with van der Waals surface area (Å²) in [6, 6.07) is 13.0. The Balaban J connectivity index is 1.39. The number of nitrogens with one attached hydrogen (secondary N) is 1. The van der Waals surface area contributed by atoms with E-state index in [2.05, 4.69) is 18.4 Å². The largest absolute Gasteiger partial charge is 0.301 e. The van der Waals surface area contributed by atoms with Crippen LogP contribution in [0.5, 0.6) is 0 Å². The molecule has 1 N–H and O–H groups in total. The van der Waals surface area contributed by atoms with Gasteiger partial charge in [-0.15, -0.1) is 0 Å². The van der Waals surface area contributed by atoms with Crippen molar-refractivity contribution in [3.8, 4) is 0 Å². The van der Waals surface area contributed by atoms with Gasteiger partial charge in [-0.05, 0) is 79.1 Å². The second-order valence-corrected chi connectivity index (χ2v) is 12.5. The summed E-state index contributed by atoms with van der Waals surface area (Å²) in [7, 11) is -3.47. The SMILES string of the molecule is CCCCS(=O)(=O)N(CCc1ccccc1F)C[C@H]1CCC2=C1[C@@H](C)C1=CNN(c3ccc(F)cc3)C1=C2. The van der Waals surface area contributed by atoms with Crippen molar-refractivity contribution < 1.29 is 17.2 Å². The fourth-order valence-electron chi connectivity index (χ4n) is 5.90. The van der Waals surface area contributed by atoms with Crippen LogP contribution in [0.2, 0.25) is 0 Å². The van der Waals surface area contributed by atoms with E-state index < -0.39 is 10.0 Å². The normalized spacial score (nSPS) is 20.8. The molecule has 38 heavy (non-hydrogen) atoms. The van der Waals surface area contributed by atoms with E-state index in [1.54, 1.807) is 34.6 Å². The Morgan fingerprint density at radius 3 is 2.61 bits per heavy atom. The quantitative estimate of drug-likeness (QED) is 0.397. The number of hydrogen-bond acceptors (Lipinski definition) is 4. The Hall–Kier alpha value is -2.97. The Labute approximate surface area is 224 Å². The molecule has 3 aliphatic rings. The molecule has 1 aliphatic heterocycles. The van der Waals surface area contributed by atoms with Crippen LogP contribution in [0.4, 0.5) is 14.5 Å². The van der Waals surface area contributed by atoms with E-state index in [1.165, 1.54) is 29.3 Å². The third-order valence-corrected chi connectivity index (χ3v) is 9.87. The molecule has 2 aromatic rings. The van der Waals surface area contributed by atoms with E-state index in [9.17, 15) is 17.2 Å². The monoisotopic (exact) mass is 539 g/mol. The van der Waals surface area contributed by atoms with Gasteiger partial charge < -0.3 is 5.43 Å². The summed E-state index contributed by atoms with van der Waals surface area (Å²) in [6.07, 6.45) is 7.71. The zero-order valence-corrected chi connectivity index (χ0v) is 22.8. The smallest absolute Gasteiger partial charge is 0.214 e. The van der Waals surface area contributed by atoms with Crippen LogP contribution < -0.4 is 10.4 Å². The highest BCUT2D eigenvalue weighted by Gasteiger charge is 2.39. The number of nitrogens with zero attached hydrogens (tertiary/aromatic N) is 2. The lowest BCUT2D eigenvalue weighted by Crippen LogP contribution is -2.39. The number of benzene rings is 2. The molecule has 0 bridgehead atoms. The number of unbranched alkanes of at least 4 members (excludes halogenated alkanes) is 1. The van der Waals surface area contributed by atoms with Gasteiger partial charge >= 0.3 is 0 Å². The van der Waals surface area contributed by atoms with Crippen LogP contribution in [0.1, 0.15) is 45.1 Å². The summed E-state index contributed by atoms with van der Waals surface area (Å²) >= 11 is 0. The lowest BCUT2D eigenvalue weighted by molar-refractivity contribution is 0.356. The second-order valence-electron chi connectivity index (χ2n) is 10.4. The first-order valence-corrected chi connectivity index (χ1v) is 15.1. The number of anilines is 1. The Kier molecular flexibility index (Phi) is 7.73. The van der Waals surface area contributed by atoms with E-state index in [0.29, 0.717) is 24.9 Å². The molecule has 0 saturated carbocycles. The molecule has 2 aliphatic carbocycles. The average Bonchev–Trinajstić information content (AvgIpc) is 3.51. The molecule has 0 radical (unpaired) electrons. The van der Waals surface area contributed by atoms with Crippen molar-refractivity contribution in [1.82, 2.24) is 9.73 Å². The molecule has 2 atom stereocenters. The lowest BCUT2D eigenvalue weighted by Gasteiger charge is -2.32. The molecule has 2 aromatic carbocycles. The maximum Gasteiger partial charge on any atom is 0.214 e. The summed E-state index contributed by atoms with van der Waals surface area (Å²) < 4.78 is 56.1. The third-order valence-electron chi connectivity index (χ3n) is 7.95. The summed E-state index contributed by atoms with van der Waals surface area (Å²) in [4.78, 5) is 0. The fourth-order valence-corrected chi connectivity index (χ4v) is 7.59. The number of hydrazine groups is 1. The van der Waals surface area contributed by atoms with Crippen LogP contribution in [0.25, 0.3) is 0 Å². The van der Waals surface area contributed by atoms with Crippen molar-refractivity contribution in [3.63, 3.8) is 0 Å². The first kappa shape index (κ1) is 26.6. The molecule has 0 amide bonds. The van der Waals surface area contributed by atoms with E-state index in [0.717, 1.165) is 36.2 Å². The van der Waals surface area contributed by atoms with Gasteiger partial charge in [0, 0.05) is 30.8 Å². The highest BCUT2D eigenvalue weighted by Crippen LogP contribution is 2.48. The summed E-state index contributed by atoms with van der Waals surface area (Å²) in [5.41, 5.74) is 9.46. The van der Waals surface area contributed by atoms with Gasteiger partial charge in [0.25, 0.3) is 0 Å². The number of allylic oxidation sites excluding steroid dienone is 3. The van der Waals surface area contributed by atoms with E-state index >= 15 is 0 Å². The van der Waals surface area contributed by atoms with E-state index in [4.69, 9.17) is 0 Å². The predicted octanol–water partition coefficient (Wildman–Crippen LogP) is 6.09. The van der Waals surface area contributed by atoms with Crippen LogP contribution in [0.3, 0.4) is 0 Å². The molecule has 1 heterocycles. The van der Waals surface area contributed by atoms with Crippen molar-refractivity contribution in [2.75, 3.05) is 23.9 Å². The van der Waals surface area contributed by atoms with Gasteiger partial charge in [-0.25, -0.2) is 21.5 Å². The van der Waals surface area contributed by atoms with Crippen LogP contribution in [0, 0.1) is 23.5 Å². The number of sulfonamides is 1. The van der Waals surface area contributed by atoms with Crippen molar-refractivity contribution in [2.24, 2.45) is 11.8 Å². The van der Waals surface area contributed by atoms with Crippen molar-refractivity contribution in [3.05, 3.63) is 100 Å².